The van der Waals surface area contributed by atoms with Gasteiger partial charge in [0.15, 0.2) is 0 Å². The number of rotatable bonds is 7. The van der Waals surface area contributed by atoms with E-state index in [1.54, 1.807) is 0 Å². The summed E-state index contributed by atoms with van der Waals surface area (Å²) < 4.78 is 0. The minimum absolute atomic E-state index is 0. The number of halogens is 1. The lowest BCUT2D eigenvalue weighted by Gasteiger charge is -2.21. The number of amides is 1. The Balaban J connectivity index is 0.00000220. The Kier molecular flexibility index (Phi) is 7.20. The maximum atomic E-state index is 11.8. The van der Waals surface area contributed by atoms with Gasteiger partial charge in [-0.25, -0.2) is 0 Å². The van der Waals surface area contributed by atoms with Crippen molar-refractivity contribution in [1.29, 1.82) is 0 Å². The van der Waals surface area contributed by atoms with E-state index in [4.69, 9.17) is 0 Å². The fraction of sp³-hybridized carbons (Fsp3) is 0.588. The summed E-state index contributed by atoms with van der Waals surface area (Å²) in [5.74, 6) is 0.124. The van der Waals surface area contributed by atoms with Crippen LogP contribution in [0.2, 0.25) is 0 Å². The molecular weight excluding hydrogens is 284 g/mol. The third-order valence-electron chi connectivity index (χ3n) is 4.06. The molecule has 0 saturated carbocycles. The number of carbonyl (C=O) groups is 1. The van der Waals surface area contributed by atoms with E-state index >= 15 is 0 Å². The summed E-state index contributed by atoms with van der Waals surface area (Å²) in [5, 5.41) is 2.97. The molecule has 0 saturated heterocycles. The van der Waals surface area contributed by atoms with Crippen molar-refractivity contribution in [3.8, 4) is 0 Å². The zero-order valence-corrected chi connectivity index (χ0v) is 14.1. The predicted molar refractivity (Wildman–Crippen MR) is 91.5 cm³/mol. The molecule has 0 aromatic heterocycles. The van der Waals surface area contributed by atoms with Crippen LogP contribution >= 0.6 is 12.4 Å². The van der Waals surface area contributed by atoms with Crippen LogP contribution in [-0.2, 0) is 11.2 Å². The van der Waals surface area contributed by atoms with Gasteiger partial charge in [0.1, 0.15) is 0 Å². The molecule has 1 aromatic rings. The number of nitrogens with zero attached hydrogens (tertiary/aromatic N) is 1. The number of carbonyl (C=O) groups excluding carboxylic acids is 1. The van der Waals surface area contributed by atoms with Crippen molar-refractivity contribution in [2.24, 2.45) is 0 Å². The monoisotopic (exact) mass is 310 g/mol. The number of nitrogens with one attached hydrogen (secondary N) is 1. The molecule has 4 heteroatoms. The molecule has 1 aliphatic rings. The van der Waals surface area contributed by atoms with Crippen LogP contribution in [0.1, 0.15) is 50.7 Å². The summed E-state index contributed by atoms with van der Waals surface area (Å²) in [7, 11) is 0. The van der Waals surface area contributed by atoms with Crippen molar-refractivity contribution in [3.05, 3.63) is 29.3 Å². The van der Waals surface area contributed by atoms with Gasteiger partial charge in [-0.3, -0.25) is 4.79 Å². The van der Waals surface area contributed by atoms with E-state index in [0.29, 0.717) is 0 Å². The molecule has 1 N–H and O–H groups in total. The quantitative estimate of drug-likeness (QED) is 0.830. The molecule has 1 amide bonds. The maximum absolute atomic E-state index is 11.8. The molecule has 0 aliphatic carbocycles. The third-order valence-corrected chi connectivity index (χ3v) is 4.06. The van der Waals surface area contributed by atoms with E-state index < -0.39 is 0 Å². The fourth-order valence-electron chi connectivity index (χ4n) is 3.07. The maximum Gasteiger partial charge on any atom is 0.231 e. The number of hydrogen-bond donors (Lipinski definition) is 1. The van der Waals surface area contributed by atoms with Crippen LogP contribution in [0.5, 0.6) is 0 Å². The average molecular weight is 311 g/mol. The molecule has 0 fully saturated rings. The Morgan fingerprint density at radius 1 is 1.14 bits per heavy atom. The molecule has 0 bridgehead atoms. The summed E-state index contributed by atoms with van der Waals surface area (Å²) in [6, 6.07) is 6.23. The summed E-state index contributed by atoms with van der Waals surface area (Å²) in [4.78, 5) is 14.3. The number of benzene rings is 1. The van der Waals surface area contributed by atoms with Crippen LogP contribution < -0.4 is 5.32 Å². The second-order valence-electron chi connectivity index (χ2n) is 5.68. The summed E-state index contributed by atoms with van der Waals surface area (Å²) in [6.45, 7) is 9.87. The molecule has 1 heterocycles. The van der Waals surface area contributed by atoms with E-state index in [-0.39, 0.29) is 24.2 Å². The minimum Gasteiger partial charge on any atom is -0.325 e. The van der Waals surface area contributed by atoms with Crippen LogP contribution in [0.25, 0.3) is 0 Å². The second kappa shape index (κ2) is 8.40. The Labute approximate surface area is 134 Å². The number of hydrogen-bond acceptors (Lipinski definition) is 2. The molecule has 21 heavy (non-hydrogen) atoms. The highest BCUT2D eigenvalue weighted by Gasteiger charge is 2.28. The van der Waals surface area contributed by atoms with Crippen LogP contribution in [0, 0.1) is 0 Å². The topological polar surface area (TPSA) is 32.3 Å². The molecule has 118 valence electrons. The van der Waals surface area contributed by atoms with Gasteiger partial charge in [-0.1, -0.05) is 26.0 Å². The number of fused-ring (bicyclic) bond motifs is 1. The lowest BCUT2D eigenvalue weighted by atomic mass is 9.95. The van der Waals surface area contributed by atoms with Gasteiger partial charge in [-0.2, -0.15) is 0 Å². The van der Waals surface area contributed by atoms with Gasteiger partial charge in [0.25, 0.3) is 0 Å². The Hall–Kier alpha value is -1.06. The van der Waals surface area contributed by atoms with E-state index in [2.05, 4.69) is 36.2 Å². The molecule has 3 nitrogen and oxygen atoms in total. The van der Waals surface area contributed by atoms with Crippen LogP contribution in [0.15, 0.2) is 18.2 Å². The highest BCUT2D eigenvalue weighted by atomic mass is 35.5. The highest BCUT2D eigenvalue weighted by Crippen LogP contribution is 2.35. The van der Waals surface area contributed by atoms with E-state index in [1.165, 1.54) is 24.0 Å². The fourth-order valence-corrected chi connectivity index (χ4v) is 3.07. The lowest BCUT2D eigenvalue weighted by molar-refractivity contribution is -0.116. The first kappa shape index (κ1) is 18.0. The van der Waals surface area contributed by atoms with Crippen molar-refractivity contribution in [3.63, 3.8) is 0 Å². The zero-order valence-electron chi connectivity index (χ0n) is 13.3. The second-order valence-corrected chi connectivity index (χ2v) is 5.68. The SMILES string of the molecule is CCCN(CCC)CCc1cccc2c1C(C)C(=O)N2.Cl. The molecule has 0 spiro atoms. The van der Waals surface area contributed by atoms with Crippen molar-refractivity contribution < 1.29 is 4.79 Å². The molecule has 1 aromatic carbocycles. The van der Waals surface area contributed by atoms with Gasteiger partial charge < -0.3 is 10.2 Å². The first-order valence-electron chi connectivity index (χ1n) is 7.82. The van der Waals surface area contributed by atoms with Gasteiger partial charge in [0, 0.05) is 12.2 Å². The first-order valence-corrected chi connectivity index (χ1v) is 7.82. The van der Waals surface area contributed by atoms with Crippen LogP contribution in [-0.4, -0.2) is 30.4 Å². The number of anilines is 1. The molecule has 0 radical (unpaired) electrons. The van der Waals surface area contributed by atoms with Crippen LogP contribution in [0.4, 0.5) is 5.69 Å². The minimum atomic E-state index is -0.00741. The molecular formula is C17H27ClN2O. The van der Waals surface area contributed by atoms with Crippen molar-refractivity contribution in [1.82, 2.24) is 4.90 Å². The van der Waals surface area contributed by atoms with E-state index in [9.17, 15) is 4.79 Å². The van der Waals surface area contributed by atoms with Crippen molar-refractivity contribution >= 4 is 24.0 Å². The molecule has 2 rings (SSSR count). The van der Waals surface area contributed by atoms with Gasteiger partial charge in [0.05, 0.1) is 5.92 Å². The Morgan fingerprint density at radius 3 is 2.43 bits per heavy atom. The van der Waals surface area contributed by atoms with Gasteiger partial charge >= 0.3 is 0 Å². The summed E-state index contributed by atoms with van der Waals surface area (Å²) in [6.07, 6.45) is 3.43. The van der Waals surface area contributed by atoms with Gasteiger partial charge in [-0.05, 0) is 56.5 Å². The van der Waals surface area contributed by atoms with Gasteiger partial charge in [-0.15, -0.1) is 12.4 Å². The smallest absolute Gasteiger partial charge is 0.231 e. The summed E-state index contributed by atoms with van der Waals surface area (Å²) in [5.41, 5.74) is 3.55. The lowest BCUT2D eigenvalue weighted by Crippen LogP contribution is -2.28. The normalized spacial score (nSPS) is 16.6. The summed E-state index contributed by atoms with van der Waals surface area (Å²) >= 11 is 0. The molecule has 1 aliphatic heterocycles. The Bertz CT molecular complexity index is 470. The van der Waals surface area contributed by atoms with Crippen molar-refractivity contribution in [2.45, 2.75) is 46.0 Å². The van der Waals surface area contributed by atoms with Crippen molar-refractivity contribution in [2.75, 3.05) is 25.0 Å². The average Bonchev–Trinajstić information content (AvgIpc) is 2.73. The molecule has 1 atom stereocenters. The van der Waals surface area contributed by atoms with Gasteiger partial charge in [0.2, 0.25) is 5.91 Å². The predicted octanol–water partition coefficient (Wildman–Crippen LogP) is 3.83. The van der Waals surface area contributed by atoms with Crippen LogP contribution in [0.3, 0.4) is 0 Å². The van der Waals surface area contributed by atoms with E-state index in [1.807, 2.05) is 13.0 Å². The standard InChI is InChI=1S/C17H26N2O.ClH/c1-4-10-19(11-5-2)12-9-14-7-6-8-15-16(14)13(3)17(20)18-15;/h6-8,13H,4-5,9-12H2,1-3H3,(H,18,20);1H. The molecule has 1 unspecified atom stereocenters. The largest absolute Gasteiger partial charge is 0.325 e. The first-order chi connectivity index (χ1) is 9.67. The highest BCUT2D eigenvalue weighted by molar-refractivity contribution is 6.03. The third kappa shape index (κ3) is 4.21. The zero-order chi connectivity index (χ0) is 14.5. The Morgan fingerprint density at radius 2 is 1.81 bits per heavy atom. The van der Waals surface area contributed by atoms with E-state index in [0.717, 1.165) is 31.7 Å².